The molecule has 3 N–H and O–H groups in total. The quantitative estimate of drug-likeness (QED) is 0.314. The fourth-order valence-electron chi connectivity index (χ4n) is 3.55. The van der Waals surface area contributed by atoms with Gasteiger partial charge < -0.3 is 30.0 Å². The average Bonchev–Trinajstić information content (AvgIpc) is 3.28. The normalized spacial score (nSPS) is 24.7. The number of nitrogens with zero attached hydrogens (tertiary/aromatic N) is 4. The molecule has 2 aromatic heterocycles. The maximum absolute atomic E-state index is 16.3. The van der Waals surface area contributed by atoms with Gasteiger partial charge in [0.1, 0.15) is 6.10 Å². The molecule has 0 saturated carbocycles. The molecule has 1 aliphatic rings. The maximum atomic E-state index is 16.3. The average molecular weight is 497 g/mol. The van der Waals surface area contributed by atoms with Crippen molar-refractivity contribution in [2.45, 2.75) is 65.6 Å². The number of anilines is 2. The van der Waals surface area contributed by atoms with Crippen LogP contribution in [0.3, 0.4) is 0 Å². The number of esters is 2. The molecule has 194 valence electrons. The summed E-state index contributed by atoms with van der Waals surface area (Å²) in [5, 5.41) is 2.87. The van der Waals surface area contributed by atoms with Crippen LogP contribution in [-0.4, -0.2) is 69.8 Å². The van der Waals surface area contributed by atoms with Crippen molar-refractivity contribution in [2.75, 3.05) is 31.5 Å². The van der Waals surface area contributed by atoms with Crippen molar-refractivity contribution in [3.05, 3.63) is 6.33 Å². The summed E-state index contributed by atoms with van der Waals surface area (Å²) in [6.07, 6.45) is -2.24. The highest BCUT2D eigenvalue weighted by molar-refractivity contribution is 5.84. The molecule has 13 heteroatoms. The van der Waals surface area contributed by atoms with Gasteiger partial charge in [-0.25, -0.2) is 9.37 Å². The number of nitrogen functional groups attached to an aromatic ring is 1. The van der Waals surface area contributed by atoms with Crippen LogP contribution in [0.1, 0.15) is 47.8 Å². The van der Waals surface area contributed by atoms with E-state index in [1.165, 1.54) is 17.8 Å². The van der Waals surface area contributed by atoms with E-state index in [2.05, 4.69) is 20.3 Å². The molecule has 4 atom stereocenters. The van der Waals surface area contributed by atoms with Gasteiger partial charge in [0, 0.05) is 7.05 Å². The lowest BCUT2D eigenvalue weighted by Gasteiger charge is -2.28. The van der Waals surface area contributed by atoms with Crippen LogP contribution in [0.25, 0.3) is 11.2 Å². The van der Waals surface area contributed by atoms with Crippen LogP contribution in [0.2, 0.25) is 0 Å². The number of nitrogens with two attached hydrogens (primary N) is 1. The summed E-state index contributed by atoms with van der Waals surface area (Å²) in [6.45, 7) is 9.12. The Labute approximate surface area is 202 Å². The second-order valence-electron chi connectivity index (χ2n) is 9.87. The van der Waals surface area contributed by atoms with E-state index in [4.69, 9.17) is 24.7 Å². The van der Waals surface area contributed by atoms with Gasteiger partial charge in [-0.15, -0.1) is 0 Å². The summed E-state index contributed by atoms with van der Waals surface area (Å²) in [4.78, 5) is 36.9. The van der Waals surface area contributed by atoms with Crippen LogP contribution >= 0.6 is 0 Å². The number of fused-ring (bicyclic) bond motifs is 1. The van der Waals surface area contributed by atoms with Crippen LogP contribution in [0.15, 0.2) is 6.33 Å². The monoisotopic (exact) mass is 496 g/mol. The van der Waals surface area contributed by atoms with Gasteiger partial charge in [0.15, 0.2) is 41.8 Å². The molecule has 0 aliphatic carbocycles. The molecule has 1 aliphatic heterocycles. The van der Waals surface area contributed by atoms with Crippen LogP contribution in [0.4, 0.5) is 16.2 Å². The maximum Gasteiger partial charge on any atom is 0.313 e. The van der Waals surface area contributed by atoms with E-state index >= 15 is 4.39 Å². The van der Waals surface area contributed by atoms with Crippen molar-refractivity contribution in [1.82, 2.24) is 19.5 Å². The summed E-state index contributed by atoms with van der Waals surface area (Å²) in [7, 11) is 1.65. The SMILES string of the molecule is CNc1nc(N)nc2c1ncn2C1OC(COCOC(=O)C(C)(C)C)[C@@H](OC(=O)C(C)C)[C@@]1(C)F. The van der Waals surface area contributed by atoms with Gasteiger partial charge in [0.25, 0.3) is 0 Å². The highest BCUT2D eigenvalue weighted by Crippen LogP contribution is 2.44. The molecular weight excluding hydrogens is 463 g/mol. The molecule has 3 heterocycles. The number of rotatable bonds is 8. The van der Waals surface area contributed by atoms with Crippen LogP contribution in [0.5, 0.6) is 0 Å². The first-order chi connectivity index (χ1) is 16.3. The Morgan fingerprint density at radius 2 is 2.03 bits per heavy atom. The number of aromatic nitrogens is 4. The lowest BCUT2D eigenvalue weighted by molar-refractivity contribution is -0.173. The molecule has 1 saturated heterocycles. The summed E-state index contributed by atoms with van der Waals surface area (Å²) in [5.74, 6) is -1.20. The van der Waals surface area contributed by atoms with E-state index in [1.54, 1.807) is 41.7 Å². The lowest BCUT2D eigenvalue weighted by Crippen LogP contribution is -2.45. The number of imidazole rings is 1. The van der Waals surface area contributed by atoms with Crippen molar-refractivity contribution in [2.24, 2.45) is 11.3 Å². The van der Waals surface area contributed by atoms with Gasteiger partial charge in [0.2, 0.25) is 5.95 Å². The lowest BCUT2D eigenvalue weighted by atomic mass is 9.97. The molecule has 3 rings (SSSR count). The smallest absolute Gasteiger partial charge is 0.313 e. The Bertz CT molecular complexity index is 1080. The molecule has 35 heavy (non-hydrogen) atoms. The molecule has 2 aromatic rings. The summed E-state index contributed by atoms with van der Waals surface area (Å²) >= 11 is 0. The van der Waals surface area contributed by atoms with E-state index < -0.39 is 47.4 Å². The van der Waals surface area contributed by atoms with Gasteiger partial charge in [-0.05, 0) is 27.7 Å². The summed E-state index contributed by atoms with van der Waals surface area (Å²) in [5.41, 5.74) is 3.52. The fraction of sp³-hybridized carbons (Fsp3) is 0.682. The standard InChI is InChI=1S/C22H33FN6O6/c1-11(2)17(30)35-14-12(8-32-10-33-19(31)21(3,4)5)34-18(22(14,6)23)29-9-26-13-15(25-7)27-20(24)28-16(13)29/h9,11-12,14,18H,8,10H2,1-7H3,(H3,24,25,27,28)/t12?,14-,18?,22-/m1/s1. The zero-order valence-electron chi connectivity index (χ0n) is 21.0. The minimum atomic E-state index is -2.20. The van der Waals surface area contributed by atoms with Crippen molar-refractivity contribution in [3.63, 3.8) is 0 Å². The Morgan fingerprint density at radius 1 is 1.34 bits per heavy atom. The topological polar surface area (TPSA) is 153 Å². The molecule has 2 unspecified atom stereocenters. The Hall–Kier alpha value is -3.06. The second-order valence-corrected chi connectivity index (χ2v) is 9.87. The van der Waals surface area contributed by atoms with Crippen molar-refractivity contribution < 1.29 is 32.9 Å². The number of carbonyl (C=O) groups is 2. The molecule has 0 bridgehead atoms. The fourth-order valence-corrected chi connectivity index (χ4v) is 3.55. The highest BCUT2D eigenvalue weighted by atomic mass is 19.1. The predicted molar refractivity (Wildman–Crippen MR) is 124 cm³/mol. The van der Waals surface area contributed by atoms with Gasteiger partial charge >= 0.3 is 11.9 Å². The van der Waals surface area contributed by atoms with Crippen LogP contribution < -0.4 is 11.1 Å². The first-order valence-electron chi connectivity index (χ1n) is 11.2. The van der Waals surface area contributed by atoms with E-state index in [-0.39, 0.29) is 25.0 Å². The van der Waals surface area contributed by atoms with E-state index in [0.717, 1.165) is 0 Å². The number of hydrogen-bond donors (Lipinski definition) is 2. The van der Waals surface area contributed by atoms with Crippen LogP contribution in [0, 0.1) is 11.3 Å². The minimum Gasteiger partial charge on any atom is -0.456 e. The largest absolute Gasteiger partial charge is 0.456 e. The second kappa shape index (κ2) is 9.90. The summed E-state index contributed by atoms with van der Waals surface area (Å²) in [6, 6.07) is 0. The Kier molecular flexibility index (Phi) is 7.50. The minimum absolute atomic E-state index is 0.0366. The Morgan fingerprint density at radius 3 is 2.63 bits per heavy atom. The van der Waals surface area contributed by atoms with Crippen molar-refractivity contribution in [1.29, 1.82) is 0 Å². The van der Waals surface area contributed by atoms with Crippen LogP contribution in [-0.2, 0) is 28.5 Å². The molecule has 0 spiro atoms. The molecular formula is C22H33FN6O6. The molecule has 12 nitrogen and oxygen atoms in total. The molecule has 1 fully saturated rings. The van der Waals surface area contributed by atoms with Gasteiger partial charge in [-0.2, -0.15) is 9.97 Å². The first kappa shape index (κ1) is 26.5. The van der Waals surface area contributed by atoms with Gasteiger partial charge in [-0.1, -0.05) is 13.8 Å². The summed E-state index contributed by atoms with van der Waals surface area (Å²) < 4.78 is 39.7. The number of ether oxygens (including phenoxy) is 4. The van der Waals surface area contributed by atoms with E-state index in [0.29, 0.717) is 11.3 Å². The van der Waals surface area contributed by atoms with Crippen molar-refractivity contribution >= 4 is 34.9 Å². The third-order valence-corrected chi connectivity index (χ3v) is 5.49. The number of nitrogens with one attached hydrogen (secondary N) is 1. The molecule has 0 radical (unpaired) electrons. The van der Waals surface area contributed by atoms with Gasteiger partial charge in [-0.3, -0.25) is 14.2 Å². The number of halogens is 1. The zero-order valence-corrected chi connectivity index (χ0v) is 21.0. The zero-order chi connectivity index (χ0) is 26.1. The molecule has 0 amide bonds. The third kappa shape index (κ3) is 5.45. The van der Waals surface area contributed by atoms with E-state index in [9.17, 15) is 9.59 Å². The number of carbonyl (C=O) groups excluding carboxylic acids is 2. The first-order valence-corrected chi connectivity index (χ1v) is 11.2. The van der Waals surface area contributed by atoms with E-state index in [1.807, 2.05) is 0 Å². The number of alkyl halides is 1. The number of hydrogen-bond acceptors (Lipinski definition) is 11. The van der Waals surface area contributed by atoms with Crippen molar-refractivity contribution in [3.8, 4) is 0 Å². The highest BCUT2D eigenvalue weighted by Gasteiger charge is 2.58. The Balaban J connectivity index is 1.87. The predicted octanol–water partition coefficient (Wildman–Crippen LogP) is 2.21. The third-order valence-electron chi connectivity index (χ3n) is 5.49. The van der Waals surface area contributed by atoms with Gasteiger partial charge in [0.05, 0.1) is 24.3 Å². The molecule has 0 aromatic carbocycles.